The maximum atomic E-state index is 12.1. The van der Waals surface area contributed by atoms with Crippen molar-refractivity contribution in [1.82, 2.24) is 10.2 Å². The Morgan fingerprint density at radius 2 is 2.22 bits per heavy atom. The van der Waals surface area contributed by atoms with Gasteiger partial charge in [-0.25, -0.2) is 0 Å². The lowest BCUT2D eigenvalue weighted by Gasteiger charge is -2.31. The Hall–Kier alpha value is -2.08. The molecular formula is C17H24N2O4. The Labute approximate surface area is 136 Å². The van der Waals surface area contributed by atoms with Crippen molar-refractivity contribution >= 4 is 17.9 Å². The smallest absolute Gasteiger partial charge is 0.246 e. The summed E-state index contributed by atoms with van der Waals surface area (Å²) in [7, 11) is 0. The molecule has 0 unspecified atom stereocenters. The average molecular weight is 320 g/mol. The molecule has 0 saturated carbocycles. The van der Waals surface area contributed by atoms with Crippen LogP contribution in [0, 0.1) is 5.92 Å². The molecule has 0 aliphatic carbocycles. The zero-order valence-corrected chi connectivity index (χ0v) is 13.5. The van der Waals surface area contributed by atoms with Crippen molar-refractivity contribution in [3.8, 4) is 0 Å². The molecule has 1 aromatic rings. The molecule has 0 atom stereocenters. The summed E-state index contributed by atoms with van der Waals surface area (Å²) in [5, 5.41) is 2.88. The second-order valence-electron chi connectivity index (χ2n) is 5.56. The normalized spacial score (nSPS) is 16.0. The van der Waals surface area contributed by atoms with Crippen LogP contribution in [-0.2, 0) is 14.3 Å². The molecule has 2 rings (SSSR count). The van der Waals surface area contributed by atoms with Crippen LogP contribution >= 0.6 is 0 Å². The fourth-order valence-corrected chi connectivity index (χ4v) is 2.51. The van der Waals surface area contributed by atoms with E-state index < -0.39 is 0 Å². The molecule has 1 N–H and O–H groups in total. The Kier molecular flexibility index (Phi) is 6.87. The first-order valence-corrected chi connectivity index (χ1v) is 8.04. The first-order chi connectivity index (χ1) is 11.2. The van der Waals surface area contributed by atoms with E-state index in [1.807, 2.05) is 11.8 Å². The number of furan rings is 1. The second-order valence-corrected chi connectivity index (χ2v) is 5.56. The lowest BCUT2D eigenvalue weighted by atomic mass is 9.96. The largest absolute Gasteiger partial charge is 0.465 e. The standard InChI is InChI=1S/C17H24N2O4/c1-2-22-13-16(20)18-12-14-7-9-19(10-8-14)17(21)6-5-15-4-3-11-23-15/h3-6,11,14H,2,7-10,12-13H2,1H3,(H,18,20). The number of carbonyl (C=O) groups is 2. The van der Waals surface area contributed by atoms with Crippen molar-refractivity contribution < 1.29 is 18.7 Å². The third-order valence-electron chi connectivity index (χ3n) is 3.88. The number of rotatable bonds is 7. The van der Waals surface area contributed by atoms with Gasteiger partial charge >= 0.3 is 0 Å². The summed E-state index contributed by atoms with van der Waals surface area (Å²) in [6.45, 7) is 4.60. The monoisotopic (exact) mass is 320 g/mol. The number of hydrogen-bond acceptors (Lipinski definition) is 4. The van der Waals surface area contributed by atoms with Crippen LogP contribution in [0.1, 0.15) is 25.5 Å². The molecule has 0 spiro atoms. The fourth-order valence-electron chi connectivity index (χ4n) is 2.51. The first kappa shape index (κ1) is 17.3. The van der Waals surface area contributed by atoms with Crippen LogP contribution in [0.3, 0.4) is 0 Å². The third kappa shape index (κ3) is 5.90. The fraction of sp³-hybridized carbons (Fsp3) is 0.529. The molecule has 1 aromatic heterocycles. The number of hydrogen-bond donors (Lipinski definition) is 1. The van der Waals surface area contributed by atoms with Gasteiger partial charge in [0.05, 0.1) is 6.26 Å². The van der Waals surface area contributed by atoms with E-state index in [1.54, 1.807) is 30.5 Å². The molecule has 1 aliphatic rings. The maximum absolute atomic E-state index is 12.1. The highest BCUT2D eigenvalue weighted by Crippen LogP contribution is 2.17. The summed E-state index contributed by atoms with van der Waals surface area (Å²) in [5.74, 6) is 1.01. The molecule has 126 valence electrons. The zero-order chi connectivity index (χ0) is 16.5. The van der Waals surface area contributed by atoms with E-state index in [1.165, 1.54) is 0 Å². The molecule has 23 heavy (non-hydrogen) atoms. The molecule has 1 aliphatic heterocycles. The van der Waals surface area contributed by atoms with Gasteiger partial charge in [-0.3, -0.25) is 9.59 Å². The number of likely N-dealkylation sites (tertiary alicyclic amines) is 1. The predicted molar refractivity (Wildman–Crippen MR) is 86.5 cm³/mol. The first-order valence-electron chi connectivity index (χ1n) is 8.04. The van der Waals surface area contributed by atoms with Crippen molar-refractivity contribution in [3.05, 3.63) is 30.2 Å². The summed E-state index contributed by atoms with van der Waals surface area (Å²) >= 11 is 0. The van der Waals surface area contributed by atoms with E-state index >= 15 is 0 Å². The van der Waals surface area contributed by atoms with Crippen LogP contribution in [0.4, 0.5) is 0 Å². The number of carbonyl (C=O) groups excluding carboxylic acids is 2. The van der Waals surface area contributed by atoms with Crippen LogP contribution < -0.4 is 5.32 Å². The molecule has 1 fully saturated rings. The van der Waals surface area contributed by atoms with Crippen molar-refractivity contribution in [2.75, 3.05) is 32.8 Å². The minimum absolute atomic E-state index is 0.000214. The van der Waals surface area contributed by atoms with Crippen LogP contribution in [0.5, 0.6) is 0 Å². The van der Waals surface area contributed by atoms with Gasteiger partial charge in [0.1, 0.15) is 12.4 Å². The minimum Gasteiger partial charge on any atom is -0.465 e. The predicted octanol–water partition coefficient (Wildman–Crippen LogP) is 1.68. The third-order valence-corrected chi connectivity index (χ3v) is 3.88. The minimum atomic E-state index is -0.0771. The molecule has 0 radical (unpaired) electrons. The maximum Gasteiger partial charge on any atom is 0.246 e. The van der Waals surface area contributed by atoms with E-state index in [9.17, 15) is 9.59 Å². The Bertz CT molecular complexity index is 517. The van der Waals surface area contributed by atoms with Crippen LogP contribution in [0.2, 0.25) is 0 Å². The number of nitrogens with zero attached hydrogens (tertiary/aromatic N) is 1. The topological polar surface area (TPSA) is 71.8 Å². The van der Waals surface area contributed by atoms with Gasteiger partial charge in [-0.2, -0.15) is 0 Å². The SMILES string of the molecule is CCOCC(=O)NCC1CCN(C(=O)C=Cc2ccco2)CC1. The highest BCUT2D eigenvalue weighted by Gasteiger charge is 2.21. The van der Waals surface area contributed by atoms with Crippen molar-refractivity contribution in [2.45, 2.75) is 19.8 Å². The summed E-state index contributed by atoms with van der Waals surface area (Å²) in [6, 6.07) is 3.59. The van der Waals surface area contributed by atoms with Crippen molar-refractivity contribution in [1.29, 1.82) is 0 Å². The van der Waals surface area contributed by atoms with Gasteiger partial charge in [-0.05, 0) is 43.9 Å². The summed E-state index contributed by atoms with van der Waals surface area (Å²) in [6.07, 6.45) is 6.60. The highest BCUT2D eigenvalue weighted by molar-refractivity contribution is 5.91. The number of nitrogens with one attached hydrogen (secondary N) is 1. The van der Waals surface area contributed by atoms with Gasteiger partial charge in [0.25, 0.3) is 0 Å². The van der Waals surface area contributed by atoms with Crippen molar-refractivity contribution in [2.24, 2.45) is 5.92 Å². The van der Waals surface area contributed by atoms with E-state index in [4.69, 9.17) is 9.15 Å². The van der Waals surface area contributed by atoms with Crippen molar-refractivity contribution in [3.63, 3.8) is 0 Å². The van der Waals surface area contributed by atoms with E-state index in [2.05, 4.69) is 5.32 Å². The van der Waals surface area contributed by atoms with E-state index in [-0.39, 0.29) is 18.4 Å². The highest BCUT2D eigenvalue weighted by atomic mass is 16.5. The zero-order valence-electron chi connectivity index (χ0n) is 13.5. The van der Waals surface area contributed by atoms with Gasteiger partial charge in [0.15, 0.2) is 0 Å². The molecule has 2 amide bonds. The van der Waals surface area contributed by atoms with Gasteiger partial charge in [-0.1, -0.05) is 0 Å². The molecule has 2 heterocycles. The number of piperidine rings is 1. The van der Waals surface area contributed by atoms with Gasteiger partial charge < -0.3 is 19.4 Å². The Morgan fingerprint density at radius 1 is 1.43 bits per heavy atom. The quantitative estimate of drug-likeness (QED) is 0.776. The Morgan fingerprint density at radius 3 is 2.87 bits per heavy atom. The van der Waals surface area contributed by atoms with E-state index in [0.29, 0.717) is 37.9 Å². The average Bonchev–Trinajstić information content (AvgIpc) is 3.10. The van der Waals surface area contributed by atoms with Gasteiger partial charge in [-0.15, -0.1) is 0 Å². The lowest BCUT2D eigenvalue weighted by molar-refractivity contribution is -0.128. The van der Waals surface area contributed by atoms with Crippen LogP contribution in [0.15, 0.2) is 28.9 Å². The van der Waals surface area contributed by atoms with Gasteiger partial charge in [0, 0.05) is 32.3 Å². The molecule has 6 nitrogen and oxygen atoms in total. The summed E-state index contributed by atoms with van der Waals surface area (Å²) in [5.41, 5.74) is 0. The van der Waals surface area contributed by atoms with E-state index in [0.717, 1.165) is 12.8 Å². The van der Waals surface area contributed by atoms with Crippen LogP contribution in [0.25, 0.3) is 6.08 Å². The second kappa shape index (κ2) is 9.15. The summed E-state index contributed by atoms with van der Waals surface area (Å²) < 4.78 is 10.2. The molecule has 6 heteroatoms. The molecule has 0 aromatic carbocycles. The molecule has 1 saturated heterocycles. The Balaban J connectivity index is 1.67. The number of amides is 2. The summed E-state index contributed by atoms with van der Waals surface area (Å²) in [4.78, 5) is 25.4. The van der Waals surface area contributed by atoms with Crippen LogP contribution in [-0.4, -0.2) is 49.6 Å². The number of ether oxygens (including phenoxy) is 1. The van der Waals surface area contributed by atoms with Gasteiger partial charge in [0.2, 0.25) is 11.8 Å². The lowest BCUT2D eigenvalue weighted by Crippen LogP contribution is -2.41. The molecule has 0 bridgehead atoms. The molecular weight excluding hydrogens is 296 g/mol.